The molecule has 2 rings (SSSR count). The van der Waals surface area contributed by atoms with Crippen molar-refractivity contribution in [2.24, 2.45) is 13.0 Å². The molecule has 0 radical (unpaired) electrons. The molecule has 1 aliphatic heterocycles. The average Bonchev–Trinajstić information content (AvgIpc) is 2.84. The van der Waals surface area contributed by atoms with Gasteiger partial charge in [0.25, 0.3) is 0 Å². The molecule has 2 atom stereocenters. The maximum atomic E-state index is 13.2. The lowest BCUT2D eigenvalue weighted by atomic mass is 9.92. The Labute approximate surface area is 103 Å². The largest absolute Gasteiger partial charge is 0.465 e. The van der Waals surface area contributed by atoms with E-state index in [2.05, 4.69) is 10.4 Å². The van der Waals surface area contributed by atoms with Gasteiger partial charge in [-0.25, -0.2) is 4.68 Å². The Morgan fingerprint density at radius 2 is 2.44 bits per heavy atom. The number of ether oxygens (including phenoxy) is 1. The summed E-state index contributed by atoms with van der Waals surface area (Å²) in [6, 6.07) is 1.23. The molecule has 0 aromatic carbocycles. The molecule has 1 amide bonds. The van der Waals surface area contributed by atoms with Gasteiger partial charge >= 0.3 is 5.97 Å². The van der Waals surface area contributed by atoms with Crippen molar-refractivity contribution < 1.29 is 18.7 Å². The summed E-state index contributed by atoms with van der Waals surface area (Å²) in [7, 11) is 1.46. The van der Waals surface area contributed by atoms with E-state index < -0.39 is 29.7 Å². The van der Waals surface area contributed by atoms with E-state index in [1.54, 1.807) is 6.92 Å². The van der Waals surface area contributed by atoms with Crippen molar-refractivity contribution in [3.63, 3.8) is 0 Å². The summed E-state index contributed by atoms with van der Waals surface area (Å²) < 4.78 is 19.2. The Morgan fingerprint density at radius 1 is 1.72 bits per heavy atom. The fourth-order valence-electron chi connectivity index (χ4n) is 2.05. The number of esters is 1. The van der Waals surface area contributed by atoms with Crippen LogP contribution in [0.5, 0.6) is 0 Å². The minimum Gasteiger partial charge on any atom is -0.465 e. The number of carbonyl (C=O) groups excluding carboxylic acids is 2. The number of aromatic nitrogens is 2. The first-order valence-electron chi connectivity index (χ1n) is 5.68. The summed E-state index contributed by atoms with van der Waals surface area (Å²) in [6.07, 6.45) is 0. The van der Waals surface area contributed by atoms with Crippen molar-refractivity contribution in [1.82, 2.24) is 15.1 Å². The second-order valence-electron chi connectivity index (χ2n) is 4.10. The molecule has 6 nitrogen and oxygen atoms in total. The molecule has 18 heavy (non-hydrogen) atoms. The molecule has 0 aliphatic carbocycles. The zero-order chi connectivity index (χ0) is 13.3. The van der Waals surface area contributed by atoms with Gasteiger partial charge in [-0.15, -0.1) is 0 Å². The SMILES string of the molecule is CCOC(=O)[C@H]1C(=O)NCC1c1cc(F)n(C)n1. The summed E-state index contributed by atoms with van der Waals surface area (Å²) in [5.74, 6) is -2.92. The highest BCUT2D eigenvalue weighted by atomic mass is 19.1. The number of halogens is 1. The van der Waals surface area contributed by atoms with Gasteiger partial charge in [-0.2, -0.15) is 9.49 Å². The molecular weight excluding hydrogens is 241 g/mol. The van der Waals surface area contributed by atoms with Crippen LogP contribution in [-0.4, -0.2) is 34.8 Å². The summed E-state index contributed by atoms with van der Waals surface area (Å²) in [6.45, 7) is 2.13. The molecule has 2 heterocycles. The Morgan fingerprint density at radius 3 is 3.00 bits per heavy atom. The molecule has 1 unspecified atom stereocenters. The summed E-state index contributed by atoms with van der Waals surface area (Å²) in [5.41, 5.74) is 0.381. The Balaban J connectivity index is 2.26. The second-order valence-corrected chi connectivity index (χ2v) is 4.10. The van der Waals surface area contributed by atoms with Crippen LogP contribution in [0.15, 0.2) is 6.07 Å². The van der Waals surface area contributed by atoms with Crippen molar-refractivity contribution in [3.05, 3.63) is 17.7 Å². The van der Waals surface area contributed by atoms with E-state index >= 15 is 0 Å². The third-order valence-corrected chi connectivity index (χ3v) is 2.94. The number of aryl methyl sites for hydroxylation is 1. The first-order valence-corrected chi connectivity index (χ1v) is 5.68. The highest BCUT2D eigenvalue weighted by molar-refractivity contribution is 6.00. The van der Waals surface area contributed by atoms with E-state index in [9.17, 15) is 14.0 Å². The summed E-state index contributed by atoms with van der Waals surface area (Å²) >= 11 is 0. The third kappa shape index (κ3) is 2.07. The van der Waals surface area contributed by atoms with Crippen LogP contribution in [0.25, 0.3) is 0 Å². The smallest absolute Gasteiger partial charge is 0.319 e. The van der Waals surface area contributed by atoms with Gasteiger partial charge in [0.15, 0.2) is 0 Å². The van der Waals surface area contributed by atoms with E-state index in [1.165, 1.54) is 13.1 Å². The number of rotatable bonds is 3. The molecule has 1 aliphatic rings. The molecule has 1 aromatic rings. The minimum atomic E-state index is -0.945. The van der Waals surface area contributed by atoms with Crippen LogP contribution in [0.4, 0.5) is 4.39 Å². The van der Waals surface area contributed by atoms with Crippen LogP contribution >= 0.6 is 0 Å². The van der Waals surface area contributed by atoms with Crippen LogP contribution in [0.1, 0.15) is 18.5 Å². The van der Waals surface area contributed by atoms with Gasteiger partial charge < -0.3 is 10.1 Å². The highest BCUT2D eigenvalue weighted by Crippen LogP contribution is 2.29. The Kier molecular flexibility index (Phi) is 3.31. The van der Waals surface area contributed by atoms with Crippen molar-refractivity contribution >= 4 is 11.9 Å². The number of hydrogen-bond acceptors (Lipinski definition) is 4. The lowest BCUT2D eigenvalue weighted by Gasteiger charge is -2.12. The van der Waals surface area contributed by atoms with Gasteiger partial charge in [-0.05, 0) is 6.92 Å². The monoisotopic (exact) mass is 255 g/mol. The summed E-state index contributed by atoms with van der Waals surface area (Å²) in [4.78, 5) is 23.3. The van der Waals surface area contributed by atoms with Crippen molar-refractivity contribution in [2.45, 2.75) is 12.8 Å². The lowest BCUT2D eigenvalue weighted by Crippen LogP contribution is -2.29. The van der Waals surface area contributed by atoms with Crippen molar-refractivity contribution in [1.29, 1.82) is 0 Å². The van der Waals surface area contributed by atoms with Crippen LogP contribution in [0.3, 0.4) is 0 Å². The Hall–Kier alpha value is -1.92. The summed E-state index contributed by atoms with van der Waals surface area (Å²) in [5, 5.41) is 6.54. The quantitative estimate of drug-likeness (QED) is 0.607. The maximum absolute atomic E-state index is 13.2. The zero-order valence-corrected chi connectivity index (χ0v) is 10.1. The van der Waals surface area contributed by atoms with Gasteiger partial charge in [-0.1, -0.05) is 0 Å². The van der Waals surface area contributed by atoms with Gasteiger partial charge in [0.05, 0.1) is 12.3 Å². The van der Waals surface area contributed by atoms with Crippen LogP contribution in [0, 0.1) is 11.9 Å². The number of amides is 1. The molecular formula is C11H14FN3O3. The molecule has 1 saturated heterocycles. The number of nitrogens with one attached hydrogen (secondary N) is 1. The van der Waals surface area contributed by atoms with E-state index in [0.29, 0.717) is 5.69 Å². The number of carbonyl (C=O) groups is 2. The van der Waals surface area contributed by atoms with Gasteiger partial charge in [0, 0.05) is 25.6 Å². The van der Waals surface area contributed by atoms with E-state index in [-0.39, 0.29) is 13.2 Å². The van der Waals surface area contributed by atoms with Crippen LogP contribution in [-0.2, 0) is 21.4 Å². The van der Waals surface area contributed by atoms with Crippen molar-refractivity contribution in [3.8, 4) is 0 Å². The topological polar surface area (TPSA) is 73.2 Å². The van der Waals surface area contributed by atoms with E-state index in [4.69, 9.17) is 4.74 Å². The fourth-order valence-corrected chi connectivity index (χ4v) is 2.05. The van der Waals surface area contributed by atoms with E-state index in [1.807, 2.05) is 0 Å². The lowest BCUT2D eigenvalue weighted by molar-refractivity contribution is -0.151. The minimum absolute atomic E-state index is 0.200. The number of nitrogens with zero attached hydrogens (tertiary/aromatic N) is 2. The van der Waals surface area contributed by atoms with Crippen molar-refractivity contribution in [2.75, 3.05) is 13.2 Å². The predicted molar refractivity (Wildman–Crippen MR) is 59.0 cm³/mol. The fraction of sp³-hybridized carbons (Fsp3) is 0.545. The normalized spacial score (nSPS) is 22.9. The average molecular weight is 255 g/mol. The van der Waals surface area contributed by atoms with E-state index in [0.717, 1.165) is 4.68 Å². The highest BCUT2D eigenvalue weighted by Gasteiger charge is 2.43. The molecule has 98 valence electrons. The van der Waals surface area contributed by atoms with Gasteiger partial charge in [0.1, 0.15) is 5.92 Å². The molecule has 0 bridgehead atoms. The van der Waals surface area contributed by atoms with Crippen LogP contribution < -0.4 is 5.32 Å². The first-order chi connectivity index (χ1) is 8.54. The molecule has 1 fully saturated rings. The third-order valence-electron chi connectivity index (χ3n) is 2.94. The standard InChI is InChI=1S/C11H14FN3O3/c1-3-18-11(17)9-6(5-13-10(9)16)7-4-8(12)15(2)14-7/h4,6,9H,3,5H2,1-2H3,(H,13,16)/t6?,9-/m1/s1. The zero-order valence-electron chi connectivity index (χ0n) is 10.1. The van der Waals surface area contributed by atoms with Gasteiger partial charge in [-0.3, -0.25) is 9.59 Å². The van der Waals surface area contributed by atoms with Gasteiger partial charge in [0.2, 0.25) is 11.9 Å². The predicted octanol–water partition coefficient (Wildman–Crippen LogP) is -0.0481. The Bertz CT molecular complexity index is 466. The maximum Gasteiger partial charge on any atom is 0.319 e. The first kappa shape index (κ1) is 12.5. The molecule has 0 saturated carbocycles. The molecule has 7 heteroatoms. The number of hydrogen-bond donors (Lipinski definition) is 1. The molecule has 0 spiro atoms. The molecule has 1 aromatic heterocycles. The second kappa shape index (κ2) is 4.75. The molecule has 1 N–H and O–H groups in total. The van der Waals surface area contributed by atoms with Crippen LogP contribution in [0.2, 0.25) is 0 Å².